The smallest absolute Gasteiger partial charge is 0.163 e. The van der Waals surface area contributed by atoms with Gasteiger partial charge in [0.25, 0.3) is 0 Å². The number of nitrogens with zero attached hydrogens (tertiary/aromatic N) is 7. The molecule has 1 aliphatic heterocycles. The SMILES string of the molecule is CC.Cc1cc(C=O)c(/C=C(\N(C)C)N2CCN(c3cnn(C)c3)CC2)c([C@@H](C)Nc2ccc(C)nc2C#N)c1. The molecule has 0 unspecified atom stereocenters. The molecule has 1 N–H and O–H groups in total. The van der Waals surface area contributed by atoms with Gasteiger partial charge in [0.2, 0.25) is 0 Å². The van der Waals surface area contributed by atoms with E-state index in [1.807, 2.05) is 91.0 Å². The van der Waals surface area contributed by atoms with Crippen molar-refractivity contribution in [3.8, 4) is 6.07 Å². The van der Waals surface area contributed by atoms with E-state index >= 15 is 0 Å². The van der Waals surface area contributed by atoms with Crippen molar-refractivity contribution in [1.82, 2.24) is 24.6 Å². The summed E-state index contributed by atoms with van der Waals surface area (Å²) in [5.41, 5.74) is 6.48. The van der Waals surface area contributed by atoms with E-state index in [4.69, 9.17) is 0 Å². The molecular formula is C31H42N8O. The number of aryl methyl sites for hydroxylation is 3. The third kappa shape index (κ3) is 7.00. The summed E-state index contributed by atoms with van der Waals surface area (Å²) in [6, 6.07) is 9.83. The van der Waals surface area contributed by atoms with Gasteiger partial charge in [-0.15, -0.1) is 0 Å². The quantitative estimate of drug-likeness (QED) is 0.398. The molecule has 4 rings (SSSR count). The fourth-order valence-corrected chi connectivity index (χ4v) is 4.94. The van der Waals surface area contributed by atoms with Gasteiger partial charge in [-0.05, 0) is 56.2 Å². The minimum atomic E-state index is -0.165. The normalized spacial score (nSPS) is 14.1. The average molecular weight is 543 g/mol. The fraction of sp³-hybridized carbons (Fsp3) is 0.419. The van der Waals surface area contributed by atoms with Crippen molar-refractivity contribution < 1.29 is 4.79 Å². The van der Waals surface area contributed by atoms with Crippen LogP contribution in [0.2, 0.25) is 0 Å². The number of anilines is 2. The van der Waals surface area contributed by atoms with E-state index in [0.29, 0.717) is 16.9 Å². The van der Waals surface area contributed by atoms with Crippen LogP contribution < -0.4 is 10.2 Å². The van der Waals surface area contributed by atoms with Gasteiger partial charge in [-0.2, -0.15) is 10.4 Å². The van der Waals surface area contributed by atoms with Crippen LogP contribution in [0.25, 0.3) is 6.08 Å². The predicted octanol–water partition coefficient (Wildman–Crippen LogP) is 5.00. The number of nitriles is 1. The summed E-state index contributed by atoms with van der Waals surface area (Å²) in [7, 11) is 6.00. The number of hydrogen-bond donors (Lipinski definition) is 1. The molecule has 0 aliphatic carbocycles. The molecule has 1 atom stereocenters. The molecule has 1 aliphatic rings. The lowest BCUT2D eigenvalue weighted by Crippen LogP contribution is -2.47. The first-order chi connectivity index (χ1) is 19.2. The van der Waals surface area contributed by atoms with Crippen molar-refractivity contribution in [2.45, 2.75) is 40.7 Å². The minimum Gasteiger partial charge on any atom is -0.376 e. The Bertz CT molecular complexity index is 1380. The summed E-state index contributed by atoms with van der Waals surface area (Å²) in [5.74, 6) is 1.05. The molecule has 9 heteroatoms. The zero-order chi connectivity index (χ0) is 29.4. The number of pyridine rings is 1. The standard InChI is InChI=1S/C29H36N8O.C2H6/c1-20-13-23(19-38)26(25(14-20)22(3)33-27-8-7-21(2)32-28(27)16-30)15-29(34(4)5)37-11-9-36(10-12-37)24-17-31-35(6)18-24;1-2/h7-8,13-15,17-19,22,33H,9-12H2,1-6H3;1-2H3/b29-15+;/t22-;/m1./s1. The van der Waals surface area contributed by atoms with Gasteiger partial charge in [-0.1, -0.05) is 25.5 Å². The summed E-state index contributed by atoms with van der Waals surface area (Å²) >= 11 is 0. The predicted molar refractivity (Wildman–Crippen MR) is 162 cm³/mol. The third-order valence-corrected chi connectivity index (χ3v) is 6.89. The van der Waals surface area contributed by atoms with Gasteiger partial charge in [0, 0.05) is 70.8 Å². The Morgan fingerprint density at radius 3 is 2.42 bits per heavy atom. The van der Waals surface area contributed by atoms with Gasteiger partial charge < -0.3 is 20.0 Å². The number of nitrogens with one attached hydrogen (secondary N) is 1. The van der Waals surface area contributed by atoms with Crippen molar-refractivity contribution in [1.29, 1.82) is 5.26 Å². The number of aldehydes is 1. The third-order valence-electron chi connectivity index (χ3n) is 6.89. The van der Waals surface area contributed by atoms with Crippen LogP contribution in [-0.2, 0) is 7.05 Å². The van der Waals surface area contributed by atoms with Crippen molar-refractivity contribution >= 4 is 23.7 Å². The number of benzene rings is 1. The molecule has 0 spiro atoms. The second kappa shape index (κ2) is 13.7. The van der Waals surface area contributed by atoms with Crippen LogP contribution in [-0.4, -0.2) is 71.1 Å². The lowest BCUT2D eigenvalue weighted by molar-refractivity contribution is 0.112. The Kier molecular flexibility index (Phi) is 10.3. The second-order valence-corrected chi connectivity index (χ2v) is 10.0. The van der Waals surface area contributed by atoms with Gasteiger partial charge in [-0.3, -0.25) is 9.48 Å². The zero-order valence-corrected chi connectivity index (χ0v) is 25.1. The largest absolute Gasteiger partial charge is 0.376 e. The summed E-state index contributed by atoms with van der Waals surface area (Å²) in [4.78, 5) is 23.4. The molecule has 3 aromatic rings. The van der Waals surface area contributed by atoms with Crippen LogP contribution in [0.4, 0.5) is 11.4 Å². The number of carbonyl (C=O) groups excluding carboxylic acids is 1. The maximum atomic E-state index is 12.2. The Morgan fingerprint density at radius 1 is 1.15 bits per heavy atom. The monoisotopic (exact) mass is 542 g/mol. The van der Waals surface area contributed by atoms with Crippen LogP contribution in [0.1, 0.15) is 65.2 Å². The number of carbonyl (C=O) groups is 1. The van der Waals surface area contributed by atoms with Crippen molar-refractivity contribution in [2.24, 2.45) is 7.05 Å². The molecule has 212 valence electrons. The Hall–Kier alpha value is -4.32. The highest BCUT2D eigenvalue weighted by Gasteiger charge is 2.23. The highest BCUT2D eigenvalue weighted by Crippen LogP contribution is 2.30. The number of aromatic nitrogens is 3. The van der Waals surface area contributed by atoms with E-state index in [1.54, 1.807) is 0 Å². The summed E-state index contributed by atoms with van der Waals surface area (Å²) in [6.07, 6.45) is 7.00. The molecule has 1 fully saturated rings. The van der Waals surface area contributed by atoms with Crippen molar-refractivity contribution in [2.75, 3.05) is 50.5 Å². The summed E-state index contributed by atoms with van der Waals surface area (Å²) < 4.78 is 1.83. The molecular weight excluding hydrogens is 500 g/mol. The molecule has 0 bridgehead atoms. The molecule has 2 aromatic heterocycles. The Labute approximate surface area is 238 Å². The lowest BCUT2D eigenvalue weighted by Gasteiger charge is -2.40. The van der Waals surface area contributed by atoms with Gasteiger partial charge >= 0.3 is 0 Å². The van der Waals surface area contributed by atoms with E-state index in [0.717, 1.165) is 66.4 Å². The maximum Gasteiger partial charge on any atom is 0.163 e. The average Bonchev–Trinajstić information content (AvgIpc) is 3.39. The highest BCUT2D eigenvalue weighted by molar-refractivity contribution is 5.84. The Morgan fingerprint density at radius 2 is 1.85 bits per heavy atom. The van der Waals surface area contributed by atoms with Gasteiger partial charge in [0.05, 0.1) is 17.6 Å². The molecule has 40 heavy (non-hydrogen) atoms. The first-order valence-corrected chi connectivity index (χ1v) is 13.8. The van der Waals surface area contributed by atoms with Gasteiger partial charge in [-0.25, -0.2) is 4.98 Å². The van der Waals surface area contributed by atoms with Crippen LogP contribution in [0.3, 0.4) is 0 Å². The minimum absolute atomic E-state index is 0.165. The van der Waals surface area contributed by atoms with Crippen LogP contribution in [0.15, 0.2) is 42.5 Å². The second-order valence-electron chi connectivity index (χ2n) is 10.0. The summed E-state index contributed by atoms with van der Waals surface area (Å²) in [6.45, 7) is 13.4. The van der Waals surface area contributed by atoms with Crippen LogP contribution in [0.5, 0.6) is 0 Å². The van der Waals surface area contributed by atoms with Gasteiger partial charge in [0.15, 0.2) is 12.0 Å². The molecule has 9 nitrogen and oxygen atoms in total. The molecule has 3 heterocycles. The van der Waals surface area contributed by atoms with E-state index in [1.165, 1.54) is 0 Å². The molecule has 1 aromatic carbocycles. The van der Waals surface area contributed by atoms with Crippen molar-refractivity contribution in [3.05, 3.63) is 76.1 Å². The van der Waals surface area contributed by atoms with Crippen molar-refractivity contribution in [3.63, 3.8) is 0 Å². The van der Waals surface area contributed by atoms with Crippen LogP contribution in [0, 0.1) is 25.2 Å². The topological polar surface area (TPSA) is 93.3 Å². The van der Waals surface area contributed by atoms with Gasteiger partial charge in [0.1, 0.15) is 11.9 Å². The van der Waals surface area contributed by atoms with E-state index in [2.05, 4.69) is 48.3 Å². The number of rotatable bonds is 8. The van der Waals surface area contributed by atoms with E-state index in [-0.39, 0.29) is 6.04 Å². The molecule has 0 radical (unpaired) electrons. The number of hydrogen-bond acceptors (Lipinski definition) is 8. The number of piperazine rings is 1. The first kappa shape index (κ1) is 30.2. The van der Waals surface area contributed by atoms with E-state index < -0.39 is 0 Å². The highest BCUT2D eigenvalue weighted by atomic mass is 16.1. The van der Waals surface area contributed by atoms with E-state index in [9.17, 15) is 10.1 Å². The molecule has 1 saturated heterocycles. The molecule has 0 amide bonds. The van der Waals surface area contributed by atoms with Crippen LogP contribution >= 0.6 is 0 Å². The fourth-order valence-electron chi connectivity index (χ4n) is 4.94. The maximum absolute atomic E-state index is 12.2. The summed E-state index contributed by atoms with van der Waals surface area (Å²) in [5, 5.41) is 17.4. The first-order valence-electron chi connectivity index (χ1n) is 13.8. The lowest BCUT2D eigenvalue weighted by atomic mass is 9.93. The molecule has 0 saturated carbocycles. The Balaban J connectivity index is 0.00000216. The zero-order valence-electron chi connectivity index (χ0n) is 25.1.